The van der Waals surface area contributed by atoms with E-state index in [1.165, 1.54) is 113 Å². The van der Waals surface area contributed by atoms with Gasteiger partial charge in [0.05, 0.1) is 0 Å². The third-order valence-electron chi connectivity index (χ3n) is 13.8. The summed E-state index contributed by atoms with van der Waals surface area (Å²) in [5.41, 5.74) is 16.7. The van der Waals surface area contributed by atoms with E-state index in [0.29, 0.717) is 0 Å². The van der Waals surface area contributed by atoms with Gasteiger partial charge in [-0.15, -0.1) is 0 Å². The first kappa shape index (κ1) is 37.0. The second kappa shape index (κ2) is 14.9. The summed E-state index contributed by atoms with van der Waals surface area (Å²) in [4.78, 5) is 0. The van der Waals surface area contributed by atoms with Gasteiger partial charge in [0.15, 0.2) is 0 Å². The molecule has 8 rings (SSSR count). The molecule has 0 amide bonds. The molecule has 0 aliphatic heterocycles. The molecule has 0 radical (unpaired) electrons. The van der Waals surface area contributed by atoms with Crippen molar-refractivity contribution in [1.29, 1.82) is 0 Å². The number of benzene rings is 4. The number of rotatable bonds is 11. The minimum atomic E-state index is -4.98. The minimum absolute atomic E-state index is 0.157. The molecule has 0 heterocycles. The SMILES string of the molecule is CCC[SiH](C)[Zr]([Cl])([Cl])([CH]1C(CC2CCCC2)=Cc2c(-c3ccc(C)cc3)cccc21)[CH]1C(CC2CCCC2)=Cc2c(-c3ccc(C)cc3)cccc21. The topological polar surface area (TPSA) is 0 Å². The standard InChI is InChI=1S/2C22H23.C4H11Si.2ClH.Zr/c2*1-16-9-11-19(12-10-16)21-8-4-7-20-14-18(15-22(20)21)13-17-5-2-3-6-17;1-3-4-5-2;;;/h2*4,7-12,14-15,17H,2-3,5-6,13H2,1H3;5H,3-4H2,1-2H3;2*1H;/q;;;;;+2/p-2. The molecule has 4 aromatic rings. The average Bonchev–Trinajstić information content (AvgIpc) is 3.96. The Labute approximate surface area is 322 Å². The molecule has 4 aliphatic carbocycles. The van der Waals surface area contributed by atoms with Crippen LogP contribution in [0.4, 0.5) is 0 Å². The molecule has 52 heavy (non-hydrogen) atoms. The molecule has 0 spiro atoms. The quantitative estimate of drug-likeness (QED) is 0.132. The van der Waals surface area contributed by atoms with E-state index < -0.39 is 21.5 Å². The van der Waals surface area contributed by atoms with Crippen molar-refractivity contribution < 1.29 is 15.6 Å². The van der Waals surface area contributed by atoms with Gasteiger partial charge in [0.1, 0.15) is 0 Å². The number of hydrogen-bond acceptors (Lipinski definition) is 0. The van der Waals surface area contributed by atoms with Crippen molar-refractivity contribution in [2.45, 2.75) is 111 Å². The maximum atomic E-state index is 9.15. The summed E-state index contributed by atoms with van der Waals surface area (Å²) in [7, 11) is 18.3. The molecule has 3 atom stereocenters. The normalized spacial score (nSPS) is 21.8. The Morgan fingerprint density at radius 1 is 0.596 bits per heavy atom. The predicted molar refractivity (Wildman–Crippen MR) is 228 cm³/mol. The van der Waals surface area contributed by atoms with Crippen LogP contribution in [0.25, 0.3) is 34.4 Å². The van der Waals surface area contributed by atoms with E-state index in [4.69, 9.17) is 17.0 Å². The van der Waals surface area contributed by atoms with E-state index in [0.717, 1.165) is 31.1 Å². The molecule has 0 nitrogen and oxygen atoms in total. The van der Waals surface area contributed by atoms with Gasteiger partial charge in [-0.1, -0.05) is 0 Å². The Morgan fingerprint density at radius 2 is 1.00 bits per heavy atom. The second-order valence-electron chi connectivity index (χ2n) is 17.3. The fourth-order valence-electron chi connectivity index (χ4n) is 11.1. The molecular weight excluding hydrogens is 767 g/mol. The fourth-order valence-corrected chi connectivity index (χ4v) is 52.3. The Morgan fingerprint density at radius 3 is 1.38 bits per heavy atom. The first-order valence-electron chi connectivity index (χ1n) is 20.5. The van der Waals surface area contributed by atoms with Crippen molar-refractivity contribution in [3.05, 3.63) is 129 Å². The average molecular weight is 824 g/mol. The zero-order valence-corrected chi connectivity index (χ0v) is 37.0. The summed E-state index contributed by atoms with van der Waals surface area (Å²) in [6, 6.07) is 33.7. The van der Waals surface area contributed by atoms with E-state index in [-0.39, 0.29) is 7.25 Å². The first-order chi connectivity index (χ1) is 25.1. The molecule has 3 unspecified atom stereocenters. The summed E-state index contributed by atoms with van der Waals surface area (Å²) >= 11 is -4.98. The van der Waals surface area contributed by atoms with Gasteiger partial charge in [0, 0.05) is 0 Å². The molecule has 0 aromatic heterocycles. The molecule has 0 N–H and O–H groups in total. The van der Waals surface area contributed by atoms with E-state index >= 15 is 0 Å². The van der Waals surface area contributed by atoms with Gasteiger partial charge in [-0.3, -0.25) is 0 Å². The monoisotopic (exact) mass is 821 g/mol. The van der Waals surface area contributed by atoms with Crippen LogP contribution in [0.3, 0.4) is 0 Å². The van der Waals surface area contributed by atoms with Crippen LogP contribution in [0.1, 0.15) is 118 Å². The van der Waals surface area contributed by atoms with Crippen LogP contribution in [-0.4, -0.2) is 5.92 Å². The van der Waals surface area contributed by atoms with Crippen molar-refractivity contribution >= 4 is 35.1 Å². The van der Waals surface area contributed by atoms with Crippen molar-refractivity contribution in [1.82, 2.24) is 0 Å². The molecule has 4 heteroatoms. The Hall–Kier alpha value is -1.96. The van der Waals surface area contributed by atoms with Crippen molar-refractivity contribution in [3.63, 3.8) is 0 Å². The van der Waals surface area contributed by atoms with Gasteiger partial charge in [-0.05, 0) is 0 Å². The first-order valence-corrected chi connectivity index (χ1v) is 36.5. The number of halogens is 2. The molecular formula is C48H57Cl2SiZr. The number of aryl methyl sites for hydroxylation is 2. The van der Waals surface area contributed by atoms with E-state index in [1.807, 2.05) is 0 Å². The number of allylic oxidation sites excluding steroid dienone is 2. The summed E-state index contributed by atoms with van der Waals surface area (Å²) in [5.74, 6) is -0.206. The molecule has 0 saturated heterocycles. The third kappa shape index (κ3) is 6.59. The molecule has 0 bridgehead atoms. The van der Waals surface area contributed by atoms with Crippen molar-refractivity contribution in [3.8, 4) is 22.3 Å². The van der Waals surface area contributed by atoms with Gasteiger partial charge in [-0.2, -0.15) is 0 Å². The van der Waals surface area contributed by atoms with E-state index in [9.17, 15) is 0 Å². The van der Waals surface area contributed by atoms with Gasteiger partial charge in [0.2, 0.25) is 0 Å². The Bertz CT molecular complexity index is 1860. The van der Waals surface area contributed by atoms with Gasteiger partial charge in [0.25, 0.3) is 0 Å². The van der Waals surface area contributed by atoms with Gasteiger partial charge < -0.3 is 0 Å². The number of hydrogen-bond donors (Lipinski definition) is 0. The second-order valence-corrected chi connectivity index (χ2v) is 58.6. The van der Waals surface area contributed by atoms with Crippen LogP contribution in [0.15, 0.2) is 96.1 Å². The van der Waals surface area contributed by atoms with Crippen LogP contribution >= 0.6 is 17.0 Å². The Kier molecular flexibility index (Phi) is 10.6. The van der Waals surface area contributed by atoms with Crippen LogP contribution in [-0.2, 0) is 15.6 Å². The third-order valence-corrected chi connectivity index (χ3v) is 64.2. The molecule has 4 aromatic carbocycles. The van der Waals surface area contributed by atoms with Crippen LogP contribution < -0.4 is 0 Å². The molecule has 2 fully saturated rings. The summed E-state index contributed by atoms with van der Waals surface area (Å²) in [6.07, 6.45) is 19.5. The fraction of sp³-hybridized carbons (Fsp3) is 0.417. The number of fused-ring (bicyclic) bond motifs is 2. The van der Waals surface area contributed by atoms with E-state index in [2.05, 4.69) is 124 Å². The zero-order chi connectivity index (χ0) is 36.1. The van der Waals surface area contributed by atoms with Crippen LogP contribution in [0.5, 0.6) is 0 Å². The summed E-state index contributed by atoms with van der Waals surface area (Å²) < 4.78 is 0.315. The van der Waals surface area contributed by atoms with E-state index in [1.54, 1.807) is 11.1 Å². The zero-order valence-electron chi connectivity index (χ0n) is 31.9. The maximum absolute atomic E-state index is 9.15. The summed E-state index contributed by atoms with van der Waals surface area (Å²) in [5, 5.41) is 0. The van der Waals surface area contributed by atoms with Crippen LogP contribution in [0, 0.1) is 25.7 Å². The van der Waals surface area contributed by atoms with Gasteiger partial charge in [-0.25, -0.2) is 0 Å². The van der Waals surface area contributed by atoms with Crippen LogP contribution in [0.2, 0.25) is 12.6 Å². The molecule has 4 aliphatic rings. The molecule has 271 valence electrons. The Balaban J connectivity index is 1.36. The summed E-state index contributed by atoms with van der Waals surface area (Å²) in [6.45, 7) is 9.34. The van der Waals surface area contributed by atoms with Crippen molar-refractivity contribution in [2.75, 3.05) is 0 Å². The van der Waals surface area contributed by atoms with Crippen molar-refractivity contribution in [2.24, 2.45) is 11.8 Å². The van der Waals surface area contributed by atoms with Gasteiger partial charge >= 0.3 is 325 Å². The predicted octanol–water partition coefficient (Wildman–Crippen LogP) is 15.1. The molecule has 2 saturated carbocycles.